The molecule has 1 aliphatic heterocycles. The fraction of sp³-hybridized carbons (Fsp3) is 0.350. The predicted molar refractivity (Wildman–Crippen MR) is 104 cm³/mol. The Morgan fingerprint density at radius 2 is 2.04 bits per heavy atom. The highest BCUT2D eigenvalue weighted by atomic mass is 16.5. The maximum absolute atomic E-state index is 12.8. The van der Waals surface area contributed by atoms with E-state index < -0.39 is 11.3 Å². The summed E-state index contributed by atoms with van der Waals surface area (Å²) in [6, 6.07) is 9.91. The first-order chi connectivity index (χ1) is 13.5. The number of hydrogen-bond acceptors (Lipinski definition) is 6. The summed E-state index contributed by atoms with van der Waals surface area (Å²) in [6.45, 7) is 1.95. The van der Waals surface area contributed by atoms with Crippen LogP contribution in [0, 0.1) is 5.41 Å². The summed E-state index contributed by atoms with van der Waals surface area (Å²) >= 11 is 0. The third-order valence-electron chi connectivity index (χ3n) is 4.80. The van der Waals surface area contributed by atoms with Crippen LogP contribution in [0.2, 0.25) is 0 Å². The van der Waals surface area contributed by atoms with Crippen molar-refractivity contribution in [3.8, 4) is 11.6 Å². The number of carbonyl (C=O) groups is 2. The molecule has 148 valence electrons. The van der Waals surface area contributed by atoms with Crippen LogP contribution in [0.15, 0.2) is 42.6 Å². The molecule has 1 aromatic carbocycles. The Morgan fingerprint density at radius 3 is 2.68 bits per heavy atom. The zero-order valence-electron chi connectivity index (χ0n) is 15.7. The van der Waals surface area contributed by atoms with Gasteiger partial charge in [-0.2, -0.15) is 0 Å². The first kappa shape index (κ1) is 19.8. The van der Waals surface area contributed by atoms with E-state index in [0.717, 1.165) is 25.9 Å². The quantitative estimate of drug-likeness (QED) is 0.672. The lowest BCUT2D eigenvalue weighted by atomic mass is 9.78. The standard InChI is InChI=1S/C20H24N4O4/c1-27-13-20(7-9-22-10-8-20)19(26)24-15-5-6-17(23-12-15)28-16-4-2-3-14(11-16)18(21)25/h2-6,11-12,22H,7-10,13H2,1H3,(H2,21,25)(H,24,26). The Bertz CT molecular complexity index is 827. The Balaban J connectivity index is 1.66. The lowest BCUT2D eigenvalue weighted by Crippen LogP contribution is -2.47. The fourth-order valence-electron chi connectivity index (χ4n) is 3.23. The number of piperidine rings is 1. The second-order valence-electron chi connectivity index (χ2n) is 6.80. The topological polar surface area (TPSA) is 116 Å². The van der Waals surface area contributed by atoms with Crippen molar-refractivity contribution >= 4 is 17.5 Å². The summed E-state index contributed by atoms with van der Waals surface area (Å²) in [4.78, 5) is 28.3. The lowest BCUT2D eigenvalue weighted by Gasteiger charge is -2.35. The van der Waals surface area contributed by atoms with E-state index in [1.54, 1.807) is 43.5 Å². The maximum atomic E-state index is 12.8. The van der Waals surface area contributed by atoms with Gasteiger partial charge >= 0.3 is 0 Å². The van der Waals surface area contributed by atoms with Crippen molar-refractivity contribution in [1.82, 2.24) is 10.3 Å². The monoisotopic (exact) mass is 384 g/mol. The van der Waals surface area contributed by atoms with E-state index in [2.05, 4.69) is 15.6 Å². The van der Waals surface area contributed by atoms with Crippen molar-refractivity contribution in [1.29, 1.82) is 0 Å². The van der Waals surface area contributed by atoms with E-state index in [4.69, 9.17) is 15.2 Å². The number of ether oxygens (including phenoxy) is 2. The van der Waals surface area contributed by atoms with Crippen LogP contribution in [0.25, 0.3) is 0 Å². The lowest BCUT2D eigenvalue weighted by molar-refractivity contribution is -0.130. The number of methoxy groups -OCH3 is 1. The normalized spacial score (nSPS) is 15.6. The average Bonchev–Trinajstić information content (AvgIpc) is 2.70. The minimum absolute atomic E-state index is 0.0690. The number of pyridine rings is 1. The molecule has 8 nitrogen and oxygen atoms in total. The number of aromatic nitrogens is 1. The van der Waals surface area contributed by atoms with E-state index in [1.165, 1.54) is 6.20 Å². The molecule has 0 spiro atoms. The van der Waals surface area contributed by atoms with Crippen LogP contribution in [-0.4, -0.2) is 43.6 Å². The number of anilines is 1. The molecule has 0 radical (unpaired) electrons. The SMILES string of the molecule is COCC1(C(=O)Nc2ccc(Oc3cccc(C(N)=O)c3)nc2)CCNCC1. The van der Waals surface area contributed by atoms with Crippen LogP contribution in [0.3, 0.4) is 0 Å². The van der Waals surface area contributed by atoms with Gasteiger partial charge in [0.05, 0.1) is 23.9 Å². The van der Waals surface area contributed by atoms with E-state index in [9.17, 15) is 9.59 Å². The molecule has 0 aliphatic carbocycles. The van der Waals surface area contributed by atoms with Crippen molar-refractivity contribution in [3.05, 3.63) is 48.2 Å². The van der Waals surface area contributed by atoms with Gasteiger partial charge in [-0.25, -0.2) is 4.98 Å². The molecule has 0 atom stereocenters. The Morgan fingerprint density at radius 1 is 1.25 bits per heavy atom. The van der Waals surface area contributed by atoms with Crippen LogP contribution in [-0.2, 0) is 9.53 Å². The van der Waals surface area contributed by atoms with Gasteiger partial charge in [-0.15, -0.1) is 0 Å². The van der Waals surface area contributed by atoms with Crippen molar-refractivity contribution in [2.75, 3.05) is 32.1 Å². The van der Waals surface area contributed by atoms with Crippen molar-refractivity contribution in [2.24, 2.45) is 11.1 Å². The summed E-state index contributed by atoms with van der Waals surface area (Å²) in [5.41, 5.74) is 5.67. The number of hydrogen-bond donors (Lipinski definition) is 3. The molecule has 0 unspecified atom stereocenters. The van der Waals surface area contributed by atoms with Gasteiger partial charge in [0, 0.05) is 18.7 Å². The Hall–Kier alpha value is -2.97. The molecule has 1 fully saturated rings. The highest BCUT2D eigenvalue weighted by Crippen LogP contribution is 2.31. The molecular weight excluding hydrogens is 360 g/mol. The second kappa shape index (κ2) is 8.81. The molecule has 1 aliphatic rings. The molecule has 2 amide bonds. The molecule has 2 aromatic rings. The van der Waals surface area contributed by atoms with Gasteiger partial charge < -0.3 is 25.8 Å². The molecule has 28 heavy (non-hydrogen) atoms. The summed E-state index contributed by atoms with van der Waals surface area (Å²) in [5.74, 6) is 0.197. The van der Waals surface area contributed by atoms with Gasteiger partial charge in [0.2, 0.25) is 17.7 Å². The van der Waals surface area contributed by atoms with Crippen LogP contribution in [0.5, 0.6) is 11.6 Å². The molecule has 1 saturated heterocycles. The molecule has 0 bridgehead atoms. The Kier molecular flexibility index (Phi) is 6.23. The maximum Gasteiger partial charge on any atom is 0.248 e. The van der Waals surface area contributed by atoms with Gasteiger partial charge in [-0.05, 0) is 50.2 Å². The molecule has 8 heteroatoms. The van der Waals surface area contributed by atoms with Crippen LogP contribution >= 0.6 is 0 Å². The van der Waals surface area contributed by atoms with Gasteiger partial charge in [0.1, 0.15) is 5.75 Å². The summed E-state index contributed by atoms with van der Waals surface area (Å²) in [5, 5.41) is 6.19. The minimum Gasteiger partial charge on any atom is -0.439 e. The van der Waals surface area contributed by atoms with Gasteiger partial charge in [0.15, 0.2) is 0 Å². The number of nitrogens with one attached hydrogen (secondary N) is 2. The average molecular weight is 384 g/mol. The van der Waals surface area contributed by atoms with Crippen LogP contribution in [0.4, 0.5) is 5.69 Å². The zero-order valence-corrected chi connectivity index (χ0v) is 15.7. The van der Waals surface area contributed by atoms with Crippen molar-refractivity contribution in [3.63, 3.8) is 0 Å². The number of nitrogens with zero attached hydrogens (tertiary/aromatic N) is 1. The van der Waals surface area contributed by atoms with E-state index in [-0.39, 0.29) is 5.91 Å². The summed E-state index contributed by atoms with van der Waals surface area (Å²) < 4.78 is 10.9. The van der Waals surface area contributed by atoms with E-state index in [1.807, 2.05) is 0 Å². The highest BCUT2D eigenvalue weighted by Gasteiger charge is 2.39. The molecule has 1 aromatic heterocycles. The van der Waals surface area contributed by atoms with Gasteiger partial charge in [-0.1, -0.05) is 6.07 Å². The molecular formula is C20H24N4O4. The number of carbonyl (C=O) groups excluding carboxylic acids is 2. The second-order valence-corrected chi connectivity index (χ2v) is 6.80. The third-order valence-corrected chi connectivity index (χ3v) is 4.80. The van der Waals surface area contributed by atoms with Crippen molar-refractivity contribution < 1.29 is 19.1 Å². The van der Waals surface area contributed by atoms with E-state index in [0.29, 0.717) is 29.5 Å². The summed E-state index contributed by atoms with van der Waals surface area (Å²) in [7, 11) is 1.61. The van der Waals surface area contributed by atoms with Crippen LogP contribution < -0.4 is 21.1 Å². The fourth-order valence-corrected chi connectivity index (χ4v) is 3.23. The first-order valence-corrected chi connectivity index (χ1v) is 9.07. The number of benzene rings is 1. The highest BCUT2D eigenvalue weighted by molar-refractivity contribution is 5.95. The number of nitrogens with two attached hydrogens (primary N) is 1. The van der Waals surface area contributed by atoms with Crippen LogP contribution in [0.1, 0.15) is 23.2 Å². The van der Waals surface area contributed by atoms with E-state index >= 15 is 0 Å². The van der Waals surface area contributed by atoms with Gasteiger partial charge in [0.25, 0.3) is 0 Å². The third kappa shape index (κ3) is 4.65. The molecule has 4 N–H and O–H groups in total. The number of primary amides is 1. The van der Waals surface area contributed by atoms with Gasteiger partial charge in [-0.3, -0.25) is 9.59 Å². The van der Waals surface area contributed by atoms with Crippen molar-refractivity contribution in [2.45, 2.75) is 12.8 Å². The largest absolute Gasteiger partial charge is 0.439 e. The molecule has 0 saturated carbocycles. The predicted octanol–water partition coefficient (Wildman–Crippen LogP) is 1.93. The number of rotatable bonds is 7. The zero-order chi connectivity index (χ0) is 20.0. The number of amides is 2. The molecule has 3 rings (SSSR count). The first-order valence-electron chi connectivity index (χ1n) is 9.07. The summed E-state index contributed by atoms with van der Waals surface area (Å²) in [6.07, 6.45) is 2.97. The minimum atomic E-state index is -0.537. The Labute approximate surface area is 163 Å². The molecule has 2 heterocycles. The smallest absolute Gasteiger partial charge is 0.248 e.